The molecule has 0 spiro atoms. The van der Waals surface area contributed by atoms with Gasteiger partial charge in [-0.05, 0) is 43.2 Å². The maximum Gasteiger partial charge on any atom is 0.256 e. The van der Waals surface area contributed by atoms with E-state index in [1.54, 1.807) is 17.4 Å². The summed E-state index contributed by atoms with van der Waals surface area (Å²) >= 11 is 0. The fourth-order valence-corrected chi connectivity index (χ4v) is 3.92. The van der Waals surface area contributed by atoms with Gasteiger partial charge in [0.1, 0.15) is 17.8 Å². The maximum absolute atomic E-state index is 13.2. The molecule has 1 aliphatic rings. The van der Waals surface area contributed by atoms with Crippen molar-refractivity contribution < 1.29 is 9.90 Å². The van der Waals surface area contributed by atoms with Gasteiger partial charge in [-0.15, -0.1) is 0 Å². The van der Waals surface area contributed by atoms with E-state index in [4.69, 9.17) is 0 Å². The standard InChI is InChI=1S/C22H21N5O2/c28-16-6-5-10-25(13-16)22(29)17-12-20(27-11-4-2-7-19(17)27)18-14-26(15-24-18)21-8-1-3-9-23-21/h1-4,7-9,11-12,14-16,28H,5-6,10,13H2/t16-/m1/s1. The number of aromatic nitrogens is 4. The quantitative estimate of drug-likeness (QED) is 0.587. The van der Waals surface area contributed by atoms with Crippen LogP contribution in [-0.2, 0) is 0 Å². The minimum absolute atomic E-state index is 0.0529. The van der Waals surface area contributed by atoms with Crippen LogP contribution in [0.1, 0.15) is 23.2 Å². The summed E-state index contributed by atoms with van der Waals surface area (Å²) in [6.07, 6.45) is 8.43. The number of pyridine rings is 2. The normalized spacial score (nSPS) is 17.0. The third kappa shape index (κ3) is 3.19. The fourth-order valence-electron chi connectivity index (χ4n) is 3.92. The second-order valence-corrected chi connectivity index (χ2v) is 7.30. The van der Waals surface area contributed by atoms with E-state index in [1.807, 2.05) is 63.8 Å². The lowest BCUT2D eigenvalue weighted by atomic mass is 10.1. The number of β-amino-alcohol motifs (C(OH)–C–C–N with tert-alkyl or cyclic N) is 1. The van der Waals surface area contributed by atoms with Crippen molar-refractivity contribution in [3.8, 4) is 17.2 Å². The summed E-state index contributed by atoms with van der Waals surface area (Å²) in [6.45, 7) is 1.05. The highest BCUT2D eigenvalue weighted by Crippen LogP contribution is 2.27. The first-order valence-electron chi connectivity index (χ1n) is 9.74. The summed E-state index contributed by atoms with van der Waals surface area (Å²) in [5.74, 6) is 0.730. The van der Waals surface area contributed by atoms with E-state index < -0.39 is 6.10 Å². The molecule has 0 unspecified atom stereocenters. The van der Waals surface area contributed by atoms with Gasteiger partial charge in [-0.2, -0.15) is 0 Å². The number of hydrogen-bond donors (Lipinski definition) is 1. The number of imidazole rings is 1. The number of aliphatic hydroxyl groups is 1. The highest BCUT2D eigenvalue weighted by molar-refractivity contribution is 6.02. The van der Waals surface area contributed by atoms with Crippen molar-refractivity contribution in [2.75, 3.05) is 13.1 Å². The van der Waals surface area contributed by atoms with Gasteiger partial charge in [-0.3, -0.25) is 9.36 Å². The molecule has 1 amide bonds. The Morgan fingerprint density at radius 2 is 2.03 bits per heavy atom. The fraction of sp³-hybridized carbons (Fsp3) is 0.227. The van der Waals surface area contributed by atoms with Crippen LogP contribution in [-0.4, -0.2) is 54.0 Å². The monoisotopic (exact) mass is 387 g/mol. The summed E-state index contributed by atoms with van der Waals surface area (Å²) in [5, 5.41) is 9.97. The Morgan fingerprint density at radius 3 is 2.86 bits per heavy atom. The molecule has 29 heavy (non-hydrogen) atoms. The smallest absolute Gasteiger partial charge is 0.256 e. The van der Waals surface area contributed by atoms with E-state index in [1.165, 1.54) is 0 Å². The van der Waals surface area contributed by atoms with Crippen LogP contribution in [0.2, 0.25) is 0 Å². The van der Waals surface area contributed by atoms with Crippen LogP contribution in [0.4, 0.5) is 0 Å². The van der Waals surface area contributed by atoms with Crippen LogP contribution in [0.15, 0.2) is 67.4 Å². The van der Waals surface area contributed by atoms with Crippen molar-refractivity contribution in [1.82, 2.24) is 23.8 Å². The summed E-state index contributed by atoms with van der Waals surface area (Å²) in [6, 6.07) is 13.4. The van der Waals surface area contributed by atoms with E-state index in [-0.39, 0.29) is 5.91 Å². The molecule has 0 aliphatic carbocycles. The molecule has 1 aliphatic heterocycles. The van der Waals surface area contributed by atoms with E-state index in [9.17, 15) is 9.90 Å². The largest absolute Gasteiger partial charge is 0.391 e. The van der Waals surface area contributed by atoms with Crippen LogP contribution in [0.5, 0.6) is 0 Å². The second kappa shape index (κ2) is 7.18. The van der Waals surface area contributed by atoms with E-state index in [2.05, 4.69) is 9.97 Å². The van der Waals surface area contributed by atoms with E-state index >= 15 is 0 Å². The van der Waals surface area contributed by atoms with Gasteiger partial charge in [0.15, 0.2) is 0 Å². The molecule has 1 fully saturated rings. The molecule has 1 saturated heterocycles. The molecule has 1 atom stereocenters. The number of likely N-dealkylation sites (tertiary alicyclic amines) is 1. The van der Waals surface area contributed by atoms with Crippen LogP contribution >= 0.6 is 0 Å². The number of fused-ring (bicyclic) bond motifs is 1. The predicted octanol–water partition coefficient (Wildman–Crippen LogP) is 2.78. The molecule has 1 N–H and O–H groups in total. The zero-order valence-corrected chi connectivity index (χ0v) is 15.8. The van der Waals surface area contributed by atoms with Gasteiger partial charge < -0.3 is 14.4 Å². The molecule has 0 aromatic carbocycles. The lowest BCUT2D eigenvalue weighted by molar-refractivity contribution is 0.0475. The number of carbonyl (C=O) groups is 1. The summed E-state index contributed by atoms with van der Waals surface area (Å²) in [4.78, 5) is 23.8. The predicted molar refractivity (Wildman–Crippen MR) is 109 cm³/mol. The number of piperidine rings is 1. The Labute approximate surface area is 167 Å². The Morgan fingerprint density at radius 1 is 1.14 bits per heavy atom. The van der Waals surface area contributed by atoms with E-state index in [0.29, 0.717) is 18.7 Å². The lowest BCUT2D eigenvalue weighted by Crippen LogP contribution is -2.42. The Hall–Kier alpha value is -3.45. The highest BCUT2D eigenvalue weighted by Gasteiger charge is 2.26. The molecule has 0 saturated carbocycles. The van der Waals surface area contributed by atoms with Crippen molar-refractivity contribution in [1.29, 1.82) is 0 Å². The molecular weight excluding hydrogens is 366 g/mol. The van der Waals surface area contributed by atoms with Gasteiger partial charge >= 0.3 is 0 Å². The van der Waals surface area contributed by atoms with Crippen molar-refractivity contribution >= 4 is 11.4 Å². The number of rotatable bonds is 3. The molecule has 5 heterocycles. The van der Waals surface area contributed by atoms with E-state index in [0.717, 1.165) is 35.6 Å². The highest BCUT2D eigenvalue weighted by atomic mass is 16.3. The molecule has 4 aromatic rings. The zero-order chi connectivity index (χ0) is 19.8. The first-order chi connectivity index (χ1) is 14.2. The Balaban J connectivity index is 1.56. The van der Waals surface area contributed by atoms with Crippen LogP contribution in [0.3, 0.4) is 0 Å². The maximum atomic E-state index is 13.2. The molecule has 146 valence electrons. The van der Waals surface area contributed by atoms with Gasteiger partial charge in [-0.1, -0.05) is 12.1 Å². The number of carbonyl (C=O) groups excluding carboxylic acids is 1. The summed E-state index contributed by atoms with van der Waals surface area (Å²) < 4.78 is 3.85. The van der Waals surface area contributed by atoms with Crippen LogP contribution < -0.4 is 0 Å². The topological polar surface area (TPSA) is 75.7 Å². The van der Waals surface area contributed by atoms with Gasteiger partial charge in [0, 0.05) is 31.7 Å². The van der Waals surface area contributed by atoms with Gasteiger partial charge in [-0.25, -0.2) is 9.97 Å². The molecule has 4 aromatic heterocycles. The first-order valence-corrected chi connectivity index (χ1v) is 9.74. The van der Waals surface area contributed by atoms with Crippen molar-refractivity contribution in [3.05, 3.63) is 72.9 Å². The van der Waals surface area contributed by atoms with Crippen molar-refractivity contribution in [3.63, 3.8) is 0 Å². The third-order valence-electron chi connectivity index (χ3n) is 5.35. The van der Waals surface area contributed by atoms with Crippen LogP contribution in [0, 0.1) is 0 Å². The molecule has 5 rings (SSSR count). The molecule has 7 nitrogen and oxygen atoms in total. The Kier molecular flexibility index (Phi) is 4.37. The summed E-state index contributed by atoms with van der Waals surface area (Å²) in [7, 11) is 0. The minimum Gasteiger partial charge on any atom is -0.391 e. The minimum atomic E-state index is -0.449. The van der Waals surface area contributed by atoms with Gasteiger partial charge in [0.05, 0.1) is 22.9 Å². The van der Waals surface area contributed by atoms with Crippen molar-refractivity contribution in [2.45, 2.75) is 18.9 Å². The molecule has 0 bridgehead atoms. The average Bonchev–Trinajstić information content (AvgIpc) is 3.39. The second-order valence-electron chi connectivity index (χ2n) is 7.30. The SMILES string of the molecule is O=C(c1cc(-c2cn(-c3ccccn3)cn2)n2ccccc12)N1CCC[C@@H](O)C1. The van der Waals surface area contributed by atoms with Gasteiger partial charge in [0.2, 0.25) is 0 Å². The zero-order valence-electron chi connectivity index (χ0n) is 15.8. The number of aliphatic hydroxyl groups excluding tert-OH is 1. The molecular formula is C22H21N5O2. The lowest BCUT2D eigenvalue weighted by Gasteiger charge is -2.30. The number of hydrogen-bond acceptors (Lipinski definition) is 4. The average molecular weight is 387 g/mol. The Bertz CT molecular complexity index is 1160. The molecule has 7 heteroatoms. The first kappa shape index (κ1) is 17.6. The summed E-state index contributed by atoms with van der Waals surface area (Å²) in [5.41, 5.74) is 3.06. The third-order valence-corrected chi connectivity index (χ3v) is 5.35. The molecule has 0 radical (unpaired) electrons. The van der Waals surface area contributed by atoms with Gasteiger partial charge in [0.25, 0.3) is 5.91 Å². The number of nitrogens with zero attached hydrogens (tertiary/aromatic N) is 5. The van der Waals surface area contributed by atoms with Crippen LogP contribution in [0.25, 0.3) is 22.7 Å². The number of amides is 1. The van der Waals surface area contributed by atoms with Crippen molar-refractivity contribution in [2.24, 2.45) is 0 Å².